The molecule has 1 amide bonds. The van der Waals surface area contributed by atoms with Crippen molar-refractivity contribution in [2.75, 3.05) is 19.8 Å². The molecular weight excluding hydrogens is 322 g/mol. The second kappa shape index (κ2) is 7.73. The molecule has 2 atom stereocenters. The summed E-state index contributed by atoms with van der Waals surface area (Å²) < 4.78 is 5.53. The lowest BCUT2D eigenvalue weighted by molar-refractivity contribution is -0.140. The van der Waals surface area contributed by atoms with Gasteiger partial charge in [0.1, 0.15) is 0 Å². The fourth-order valence-corrected chi connectivity index (χ4v) is 3.75. The van der Waals surface area contributed by atoms with Gasteiger partial charge in [0.15, 0.2) is 5.78 Å². The highest BCUT2D eigenvalue weighted by atomic mass is 32.1. The zero-order valence-electron chi connectivity index (χ0n) is 13.7. The van der Waals surface area contributed by atoms with Crippen LogP contribution in [0.1, 0.15) is 34.5 Å². The largest absolute Gasteiger partial charge is 0.377 e. The van der Waals surface area contributed by atoms with Crippen molar-refractivity contribution in [3.8, 4) is 0 Å². The summed E-state index contributed by atoms with van der Waals surface area (Å²) in [5.74, 6) is -0.0586. The van der Waals surface area contributed by atoms with E-state index in [1.54, 1.807) is 11.3 Å². The van der Waals surface area contributed by atoms with Crippen LogP contribution in [0.2, 0.25) is 0 Å². The summed E-state index contributed by atoms with van der Waals surface area (Å²) in [5.41, 5.74) is 0.682. The molecule has 0 bridgehead atoms. The minimum absolute atomic E-state index is 0.0488. The molecule has 3 rings (SSSR count). The third-order valence-electron chi connectivity index (χ3n) is 4.37. The second-order valence-electron chi connectivity index (χ2n) is 5.99. The van der Waals surface area contributed by atoms with Gasteiger partial charge in [-0.1, -0.05) is 36.4 Å². The van der Waals surface area contributed by atoms with Crippen molar-refractivity contribution in [1.29, 1.82) is 0 Å². The first kappa shape index (κ1) is 16.9. The first-order valence-corrected chi connectivity index (χ1v) is 9.04. The first-order chi connectivity index (χ1) is 11.7. The fraction of sp³-hybridized carbons (Fsp3) is 0.368. The SMILES string of the molecule is C[C@H](C(=O)N1CCOC[C@@H]1CC(=O)c1ccccc1)c1cccs1. The molecule has 0 spiro atoms. The van der Waals surface area contributed by atoms with Gasteiger partial charge in [-0.2, -0.15) is 0 Å². The molecule has 1 fully saturated rings. The highest BCUT2D eigenvalue weighted by Crippen LogP contribution is 2.25. The highest BCUT2D eigenvalue weighted by molar-refractivity contribution is 7.10. The molecule has 0 unspecified atom stereocenters. The van der Waals surface area contributed by atoms with Gasteiger partial charge >= 0.3 is 0 Å². The molecule has 0 saturated carbocycles. The van der Waals surface area contributed by atoms with Gasteiger partial charge in [-0.25, -0.2) is 0 Å². The van der Waals surface area contributed by atoms with Crippen molar-refractivity contribution in [2.24, 2.45) is 0 Å². The monoisotopic (exact) mass is 343 g/mol. The maximum atomic E-state index is 12.9. The van der Waals surface area contributed by atoms with Gasteiger partial charge in [-0.3, -0.25) is 9.59 Å². The van der Waals surface area contributed by atoms with Crippen LogP contribution in [0.25, 0.3) is 0 Å². The molecule has 1 aromatic heterocycles. The number of carbonyl (C=O) groups excluding carboxylic acids is 2. The normalized spacial score (nSPS) is 19.0. The number of morpholine rings is 1. The van der Waals surface area contributed by atoms with Crippen LogP contribution in [0.15, 0.2) is 47.8 Å². The van der Waals surface area contributed by atoms with Crippen LogP contribution in [-0.4, -0.2) is 42.4 Å². The first-order valence-electron chi connectivity index (χ1n) is 8.16. The second-order valence-corrected chi connectivity index (χ2v) is 6.97. The third-order valence-corrected chi connectivity index (χ3v) is 5.42. The molecule has 0 aliphatic carbocycles. The number of Topliss-reactive ketones (excluding diaryl/α,β-unsaturated/α-hetero) is 1. The molecule has 24 heavy (non-hydrogen) atoms. The van der Waals surface area contributed by atoms with Crippen LogP contribution < -0.4 is 0 Å². The van der Waals surface area contributed by atoms with Crippen LogP contribution in [-0.2, 0) is 9.53 Å². The van der Waals surface area contributed by atoms with Crippen molar-refractivity contribution < 1.29 is 14.3 Å². The predicted octanol–water partition coefficient (Wildman–Crippen LogP) is 3.35. The number of thiophene rings is 1. The van der Waals surface area contributed by atoms with E-state index in [0.717, 1.165) is 4.88 Å². The van der Waals surface area contributed by atoms with Gasteiger partial charge in [-0.05, 0) is 18.4 Å². The summed E-state index contributed by atoms with van der Waals surface area (Å²) >= 11 is 1.59. The molecule has 2 heterocycles. The summed E-state index contributed by atoms with van der Waals surface area (Å²) in [6, 6.07) is 13.0. The van der Waals surface area contributed by atoms with Gasteiger partial charge in [0, 0.05) is 23.4 Å². The summed E-state index contributed by atoms with van der Waals surface area (Å²) in [7, 11) is 0. The molecule has 5 heteroatoms. The van der Waals surface area contributed by atoms with Gasteiger partial charge < -0.3 is 9.64 Å². The van der Waals surface area contributed by atoms with E-state index in [1.807, 2.05) is 59.7 Å². The Bertz CT molecular complexity index is 684. The minimum Gasteiger partial charge on any atom is -0.377 e. The number of ketones is 1. The molecule has 0 radical (unpaired) electrons. The minimum atomic E-state index is -0.193. The zero-order chi connectivity index (χ0) is 16.9. The highest BCUT2D eigenvalue weighted by Gasteiger charge is 2.32. The Morgan fingerprint density at radius 3 is 2.75 bits per heavy atom. The molecule has 126 valence electrons. The molecule has 0 N–H and O–H groups in total. The Balaban J connectivity index is 1.71. The number of carbonyl (C=O) groups is 2. The predicted molar refractivity (Wildman–Crippen MR) is 94.4 cm³/mol. The number of amides is 1. The Labute approximate surface area is 146 Å². The summed E-state index contributed by atoms with van der Waals surface area (Å²) in [5, 5.41) is 1.98. The molecule has 1 saturated heterocycles. The number of benzene rings is 1. The number of rotatable bonds is 5. The third kappa shape index (κ3) is 3.74. The average molecular weight is 343 g/mol. The van der Waals surface area contributed by atoms with E-state index < -0.39 is 0 Å². The van der Waals surface area contributed by atoms with Crippen LogP contribution in [0.4, 0.5) is 0 Å². The number of ether oxygens (including phenoxy) is 1. The van der Waals surface area contributed by atoms with Gasteiger partial charge in [0.25, 0.3) is 0 Å². The standard InChI is InChI=1S/C19H21NO3S/c1-14(18-8-5-11-24-18)19(22)20-9-10-23-13-16(20)12-17(21)15-6-3-2-4-7-15/h2-8,11,14,16H,9-10,12-13H2,1H3/t14-,16-/m0/s1. The maximum absolute atomic E-state index is 12.9. The molecule has 1 aliphatic rings. The van der Waals surface area contributed by atoms with E-state index in [9.17, 15) is 9.59 Å². The Morgan fingerprint density at radius 2 is 2.04 bits per heavy atom. The molecule has 1 aliphatic heterocycles. The van der Waals surface area contributed by atoms with Crippen molar-refractivity contribution in [1.82, 2.24) is 4.90 Å². The van der Waals surface area contributed by atoms with Crippen molar-refractivity contribution in [2.45, 2.75) is 25.3 Å². The van der Waals surface area contributed by atoms with Crippen LogP contribution in [0.3, 0.4) is 0 Å². The number of hydrogen-bond acceptors (Lipinski definition) is 4. The Hall–Kier alpha value is -1.98. The van der Waals surface area contributed by atoms with E-state index in [0.29, 0.717) is 31.7 Å². The summed E-state index contributed by atoms with van der Waals surface area (Å²) in [4.78, 5) is 28.3. The smallest absolute Gasteiger partial charge is 0.231 e. The topological polar surface area (TPSA) is 46.6 Å². The molecule has 2 aromatic rings. The zero-order valence-corrected chi connectivity index (χ0v) is 14.5. The lowest BCUT2D eigenvalue weighted by Gasteiger charge is -2.36. The van der Waals surface area contributed by atoms with Gasteiger partial charge in [0.05, 0.1) is 25.2 Å². The van der Waals surface area contributed by atoms with E-state index in [1.165, 1.54) is 0 Å². The van der Waals surface area contributed by atoms with Crippen molar-refractivity contribution >= 4 is 23.0 Å². The van der Waals surface area contributed by atoms with E-state index in [4.69, 9.17) is 4.74 Å². The molecule has 1 aromatic carbocycles. The van der Waals surface area contributed by atoms with E-state index in [2.05, 4.69) is 0 Å². The summed E-state index contributed by atoms with van der Waals surface area (Å²) in [6.07, 6.45) is 0.299. The lowest BCUT2D eigenvalue weighted by atomic mass is 10.0. The summed E-state index contributed by atoms with van der Waals surface area (Å²) in [6.45, 7) is 3.42. The Kier molecular flexibility index (Phi) is 5.43. The van der Waals surface area contributed by atoms with E-state index >= 15 is 0 Å². The quantitative estimate of drug-likeness (QED) is 0.782. The fourth-order valence-electron chi connectivity index (χ4n) is 2.98. The van der Waals surface area contributed by atoms with E-state index in [-0.39, 0.29) is 23.7 Å². The number of hydrogen-bond donors (Lipinski definition) is 0. The average Bonchev–Trinajstić information content (AvgIpc) is 3.16. The number of nitrogens with zero attached hydrogens (tertiary/aromatic N) is 1. The molecular formula is C19H21NO3S. The van der Waals surface area contributed by atoms with Gasteiger partial charge in [0.2, 0.25) is 5.91 Å². The Morgan fingerprint density at radius 1 is 1.25 bits per heavy atom. The molecule has 4 nitrogen and oxygen atoms in total. The van der Waals surface area contributed by atoms with Crippen LogP contribution in [0.5, 0.6) is 0 Å². The lowest BCUT2D eigenvalue weighted by Crippen LogP contribution is -2.50. The van der Waals surface area contributed by atoms with Crippen LogP contribution >= 0.6 is 11.3 Å². The van der Waals surface area contributed by atoms with Gasteiger partial charge in [-0.15, -0.1) is 11.3 Å². The van der Waals surface area contributed by atoms with Crippen molar-refractivity contribution in [3.05, 3.63) is 58.3 Å². The van der Waals surface area contributed by atoms with Crippen LogP contribution in [0, 0.1) is 0 Å². The maximum Gasteiger partial charge on any atom is 0.231 e. The van der Waals surface area contributed by atoms with Crippen molar-refractivity contribution in [3.63, 3.8) is 0 Å².